The lowest BCUT2D eigenvalue weighted by Crippen LogP contribution is -2.45. The van der Waals surface area contributed by atoms with Gasteiger partial charge in [0.1, 0.15) is 5.75 Å². The van der Waals surface area contributed by atoms with Crippen LogP contribution in [0.3, 0.4) is 0 Å². The molecule has 0 unspecified atom stereocenters. The normalized spacial score (nSPS) is 18.5. The van der Waals surface area contributed by atoms with Crippen LogP contribution in [-0.4, -0.2) is 44.9 Å². The Hall–Kier alpha value is -1.31. The fourth-order valence-corrected chi connectivity index (χ4v) is 4.82. The average Bonchev–Trinajstić information content (AvgIpc) is 2.63. The quantitative estimate of drug-likeness (QED) is 0.678. The van der Waals surface area contributed by atoms with Crippen molar-refractivity contribution in [2.75, 3.05) is 26.2 Å². The van der Waals surface area contributed by atoms with E-state index in [-0.39, 0.29) is 28.3 Å². The predicted octanol–water partition coefficient (Wildman–Crippen LogP) is 3.06. The summed E-state index contributed by atoms with van der Waals surface area (Å²) in [7, 11) is -3.69. The van der Waals surface area contributed by atoms with Gasteiger partial charge in [0.15, 0.2) is 0 Å². The second-order valence-corrected chi connectivity index (χ2v) is 8.72. The van der Waals surface area contributed by atoms with E-state index in [1.165, 1.54) is 16.4 Å². The number of nitrogens with one attached hydrogen (secondary N) is 1. The number of amides is 1. The molecule has 0 aliphatic carbocycles. The van der Waals surface area contributed by atoms with E-state index in [1.54, 1.807) is 6.07 Å². The highest BCUT2D eigenvalue weighted by atomic mass is 35.5. The first kappa shape index (κ1) is 21.0. The van der Waals surface area contributed by atoms with Gasteiger partial charge < -0.3 is 10.1 Å². The van der Waals surface area contributed by atoms with Crippen molar-refractivity contribution in [3.05, 3.63) is 23.2 Å². The molecule has 1 aromatic rings. The maximum atomic E-state index is 12.9. The Morgan fingerprint density at radius 1 is 1.38 bits per heavy atom. The third kappa shape index (κ3) is 5.11. The molecule has 1 amide bonds. The van der Waals surface area contributed by atoms with Crippen molar-refractivity contribution in [3.63, 3.8) is 0 Å². The maximum Gasteiger partial charge on any atom is 0.243 e. The summed E-state index contributed by atoms with van der Waals surface area (Å²) in [6.07, 6.45) is 3.29. The minimum Gasteiger partial charge on any atom is -0.492 e. The van der Waals surface area contributed by atoms with Crippen molar-refractivity contribution in [3.8, 4) is 5.75 Å². The summed E-state index contributed by atoms with van der Waals surface area (Å²) in [5.74, 6) is 0.0802. The lowest BCUT2D eigenvalue weighted by molar-refractivity contribution is -0.126. The molecule has 1 N–H and O–H groups in total. The van der Waals surface area contributed by atoms with Gasteiger partial charge in [0.2, 0.25) is 15.9 Å². The lowest BCUT2D eigenvalue weighted by atomic mass is 9.99. The smallest absolute Gasteiger partial charge is 0.243 e. The van der Waals surface area contributed by atoms with Gasteiger partial charge in [-0.15, -0.1) is 0 Å². The Morgan fingerprint density at radius 2 is 2.15 bits per heavy atom. The Morgan fingerprint density at radius 3 is 2.81 bits per heavy atom. The number of unbranched alkanes of at least 4 members (excludes halogenated alkanes) is 1. The Balaban J connectivity index is 2.10. The second-order valence-electron chi connectivity index (χ2n) is 6.37. The molecule has 1 saturated heterocycles. The van der Waals surface area contributed by atoms with Gasteiger partial charge in [-0.1, -0.05) is 24.9 Å². The Labute approximate surface area is 160 Å². The van der Waals surface area contributed by atoms with E-state index < -0.39 is 10.0 Å². The number of sulfonamides is 1. The first-order chi connectivity index (χ1) is 12.4. The largest absolute Gasteiger partial charge is 0.492 e. The van der Waals surface area contributed by atoms with Gasteiger partial charge in [0.25, 0.3) is 0 Å². The molecule has 1 atom stereocenters. The van der Waals surface area contributed by atoms with Crippen molar-refractivity contribution in [1.29, 1.82) is 0 Å². The molecule has 1 heterocycles. The van der Waals surface area contributed by atoms with Gasteiger partial charge in [0, 0.05) is 19.6 Å². The van der Waals surface area contributed by atoms with Crippen molar-refractivity contribution in [2.24, 2.45) is 5.92 Å². The molecule has 1 aliphatic rings. The number of carbonyl (C=O) groups is 1. The molecular weight excluding hydrogens is 376 g/mol. The van der Waals surface area contributed by atoms with Crippen LogP contribution in [0.4, 0.5) is 0 Å². The van der Waals surface area contributed by atoms with Crippen LogP contribution in [0.5, 0.6) is 5.75 Å². The summed E-state index contributed by atoms with van der Waals surface area (Å²) < 4.78 is 32.6. The van der Waals surface area contributed by atoms with Crippen molar-refractivity contribution < 1.29 is 17.9 Å². The zero-order valence-electron chi connectivity index (χ0n) is 15.3. The number of hydrogen-bond acceptors (Lipinski definition) is 4. The molecule has 0 bridgehead atoms. The van der Waals surface area contributed by atoms with Crippen LogP contribution in [0.1, 0.15) is 39.5 Å². The monoisotopic (exact) mass is 402 g/mol. The average molecular weight is 403 g/mol. The van der Waals surface area contributed by atoms with Crippen LogP contribution in [0.25, 0.3) is 0 Å². The summed E-state index contributed by atoms with van der Waals surface area (Å²) in [5.41, 5.74) is 0. The molecule has 146 valence electrons. The highest BCUT2D eigenvalue weighted by Gasteiger charge is 2.33. The van der Waals surface area contributed by atoms with Gasteiger partial charge in [-0.25, -0.2) is 8.42 Å². The summed E-state index contributed by atoms with van der Waals surface area (Å²) in [5, 5.41) is 3.16. The van der Waals surface area contributed by atoms with E-state index in [4.69, 9.17) is 16.3 Å². The lowest BCUT2D eigenvalue weighted by Gasteiger charge is -2.31. The van der Waals surface area contributed by atoms with Crippen molar-refractivity contribution in [1.82, 2.24) is 9.62 Å². The molecule has 2 rings (SSSR count). The number of halogens is 1. The first-order valence-electron chi connectivity index (χ1n) is 9.10. The van der Waals surface area contributed by atoms with Gasteiger partial charge in [-0.05, 0) is 44.4 Å². The highest BCUT2D eigenvalue weighted by Crippen LogP contribution is 2.30. The van der Waals surface area contributed by atoms with E-state index in [9.17, 15) is 13.2 Å². The zero-order valence-corrected chi connectivity index (χ0v) is 16.9. The van der Waals surface area contributed by atoms with Crippen molar-refractivity contribution in [2.45, 2.75) is 44.4 Å². The third-order valence-corrected chi connectivity index (χ3v) is 6.58. The molecule has 1 aromatic carbocycles. The molecule has 0 radical (unpaired) electrons. The van der Waals surface area contributed by atoms with E-state index in [1.807, 2.05) is 6.92 Å². The zero-order chi connectivity index (χ0) is 19.2. The number of rotatable bonds is 8. The second kappa shape index (κ2) is 9.58. The fraction of sp³-hybridized carbons (Fsp3) is 0.611. The SMILES string of the molecule is CCCCNC(=O)[C@H]1CCCN(S(=O)(=O)c2ccc(OCC)c(Cl)c2)C1. The molecule has 0 saturated carbocycles. The molecule has 1 aliphatic heterocycles. The molecule has 1 fully saturated rings. The predicted molar refractivity (Wildman–Crippen MR) is 102 cm³/mol. The summed E-state index contributed by atoms with van der Waals surface area (Å²) in [6, 6.07) is 4.47. The van der Waals surface area contributed by atoms with Gasteiger partial charge >= 0.3 is 0 Å². The summed E-state index contributed by atoms with van der Waals surface area (Å²) in [4.78, 5) is 12.4. The molecule has 0 spiro atoms. The molecule has 0 aromatic heterocycles. The first-order valence-corrected chi connectivity index (χ1v) is 10.9. The van der Waals surface area contributed by atoms with E-state index >= 15 is 0 Å². The minimum absolute atomic E-state index is 0.0666. The maximum absolute atomic E-state index is 12.9. The number of hydrogen-bond donors (Lipinski definition) is 1. The summed E-state index contributed by atoms with van der Waals surface area (Å²) in [6.45, 7) is 5.58. The Kier molecular flexibility index (Phi) is 7.73. The van der Waals surface area contributed by atoms with Crippen LogP contribution in [0.2, 0.25) is 5.02 Å². The van der Waals surface area contributed by atoms with E-state index in [2.05, 4.69) is 12.2 Å². The summed E-state index contributed by atoms with van der Waals surface area (Å²) >= 11 is 6.13. The van der Waals surface area contributed by atoms with Crippen LogP contribution in [0, 0.1) is 5.92 Å². The molecule has 8 heteroatoms. The number of nitrogens with zero attached hydrogens (tertiary/aromatic N) is 1. The number of ether oxygens (including phenoxy) is 1. The van der Waals surface area contributed by atoms with Crippen LogP contribution >= 0.6 is 11.6 Å². The van der Waals surface area contributed by atoms with Crippen LogP contribution in [-0.2, 0) is 14.8 Å². The third-order valence-electron chi connectivity index (χ3n) is 4.43. The standard InChI is InChI=1S/C18H27ClN2O4S/c1-3-5-10-20-18(22)14-7-6-11-21(13-14)26(23,24)15-8-9-17(25-4-2)16(19)12-15/h8-9,12,14H,3-7,10-11,13H2,1-2H3,(H,20,22)/t14-/m0/s1. The number of carbonyl (C=O) groups excluding carboxylic acids is 1. The topological polar surface area (TPSA) is 75.7 Å². The molecular formula is C18H27ClN2O4S. The minimum atomic E-state index is -3.69. The van der Waals surface area contributed by atoms with Gasteiger partial charge in [-0.3, -0.25) is 4.79 Å². The Bertz CT molecular complexity index is 724. The van der Waals surface area contributed by atoms with Crippen LogP contribution < -0.4 is 10.1 Å². The molecule has 26 heavy (non-hydrogen) atoms. The van der Waals surface area contributed by atoms with Crippen molar-refractivity contribution >= 4 is 27.5 Å². The number of benzene rings is 1. The van der Waals surface area contributed by atoms with E-state index in [0.29, 0.717) is 38.3 Å². The highest BCUT2D eigenvalue weighted by molar-refractivity contribution is 7.89. The molecule has 6 nitrogen and oxygen atoms in total. The van der Waals surface area contributed by atoms with Gasteiger partial charge in [-0.2, -0.15) is 4.31 Å². The van der Waals surface area contributed by atoms with Gasteiger partial charge in [0.05, 0.1) is 22.4 Å². The van der Waals surface area contributed by atoms with Crippen LogP contribution in [0.15, 0.2) is 23.1 Å². The fourth-order valence-electron chi connectivity index (χ4n) is 2.97. The van der Waals surface area contributed by atoms with E-state index in [0.717, 1.165) is 12.8 Å². The number of piperidine rings is 1.